The summed E-state index contributed by atoms with van der Waals surface area (Å²) in [6.45, 7) is 9.95. The largest absolute Gasteiger partial charge is 0.490 e. The lowest BCUT2D eigenvalue weighted by molar-refractivity contribution is 0.123. The van der Waals surface area contributed by atoms with Crippen LogP contribution in [0.25, 0.3) is 0 Å². The van der Waals surface area contributed by atoms with Gasteiger partial charge in [-0.3, -0.25) is 4.99 Å². The van der Waals surface area contributed by atoms with Gasteiger partial charge >= 0.3 is 0 Å². The fourth-order valence-electron chi connectivity index (χ4n) is 3.02. The molecular weight excluding hydrogens is 507 g/mol. The van der Waals surface area contributed by atoms with E-state index in [4.69, 9.17) is 19.2 Å². The third kappa shape index (κ3) is 9.82. The van der Waals surface area contributed by atoms with Crippen LogP contribution in [0, 0.1) is 5.92 Å². The highest BCUT2D eigenvalue weighted by atomic mass is 127. The Hall–Kier alpha value is -1.26. The van der Waals surface area contributed by atoms with Gasteiger partial charge in [-0.1, -0.05) is 0 Å². The summed E-state index contributed by atoms with van der Waals surface area (Å²) in [4.78, 5) is 7.06. The zero-order valence-electron chi connectivity index (χ0n) is 19.2. The van der Waals surface area contributed by atoms with Crippen molar-refractivity contribution in [1.29, 1.82) is 0 Å². The highest BCUT2D eigenvalue weighted by molar-refractivity contribution is 14.0. The maximum absolute atomic E-state index is 5.81. The fraction of sp³-hybridized carbons (Fsp3) is 0.696. The van der Waals surface area contributed by atoms with E-state index < -0.39 is 0 Å². The van der Waals surface area contributed by atoms with Gasteiger partial charge < -0.3 is 29.7 Å². The summed E-state index contributed by atoms with van der Waals surface area (Å²) in [5.74, 6) is 3.18. The maximum atomic E-state index is 5.81. The van der Waals surface area contributed by atoms with Crippen molar-refractivity contribution in [3.05, 3.63) is 18.2 Å². The smallest absolute Gasteiger partial charge is 0.195 e. The van der Waals surface area contributed by atoms with Gasteiger partial charge in [-0.2, -0.15) is 0 Å². The quantitative estimate of drug-likeness (QED) is 0.190. The lowest BCUT2D eigenvalue weighted by atomic mass is 10.2. The second kappa shape index (κ2) is 14.0. The molecule has 1 heterocycles. The van der Waals surface area contributed by atoms with Gasteiger partial charge in [-0.25, -0.2) is 0 Å². The molecule has 3 rings (SSSR count). The van der Waals surface area contributed by atoms with Crippen LogP contribution >= 0.6 is 24.0 Å². The Balaban J connectivity index is 0.00000341. The van der Waals surface area contributed by atoms with E-state index in [9.17, 15) is 0 Å². The number of hydrogen-bond acceptors (Lipinski definition) is 5. The molecule has 0 amide bonds. The van der Waals surface area contributed by atoms with Gasteiger partial charge in [-0.15, -0.1) is 24.0 Å². The molecule has 1 fully saturated rings. The Morgan fingerprint density at radius 1 is 1.23 bits per heavy atom. The van der Waals surface area contributed by atoms with Crippen molar-refractivity contribution in [3.63, 3.8) is 0 Å². The van der Waals surface area contributed by atoms with Crippen molar-refractivity contribution in [3.8, 4) is 11.5 Å². The number of nitrogens with one attached hydrogen (secondary N) is 2. The Kier molecular flexibility index (Phi) is 11.7. The summed E-state index contributed by atoms with van der Waals surface area (Å²) in [5.41, 5.74) is 0.938. The van der Waals surface area contributed by atoms with E-state index in [2.05, 4.69) is 36.4 Å². The Bertz CT molecular complexity index is 683. The van der Waals surface area contributed by atoms with Crippen molar-refractivity contribution in [2.75, 3.05) is 58.4 Å². The number of benzene rings is 1. The number of rotatable bonds is 11. The molecule has 0 saturated heterocycles. The molecule has 0 bridgehead atoms. The van der Waals surface area contributed by atoms with Crippen molar-refractivity contribution in [2.24, 2.45) is 10.9 Å². The van der Waals surface area contributed by atoms with Crippen LogP contribution < -0.4 is 20.1 Å². The summed E-state index contributed by atoms with van der Waals surface area (Å²) < 4.78 is 17.3. The average Bonchev–Trinajstić information content (AvgIpc) is 3.57. The van der Waals surface area contributed by atoms with Gasteiger partial charge in [-0.05, 0) is 58.2 Å². The molecule has 0 unspecified atom stereocenters. The maximum Gasteiger partial charge on any atom is 0.195 e. The number of anilines is 1. The highest BCUT2D eigenvalue weighted by Gasteiger charge is 2.20. The molecule has 1 aromatic carbocycles. The predicted octanol–water partition coefficient (Wildman–Crippen LogP) is 3.98. The van der Waals surface area contributed by atoms with Crippen molar-refractivity contribution < 1.29 is 14.2 Å². The molecule has 2 N–H and O–H groups in total. The van der Waals surface area contributed by atoms with E-state index in [0.717, 1.165) is 74.8 Å². The van der Waals surface area contributed by atoms with Crippen molar-refractivity contribution in [2.45, 2.75) is 45.6 Å². The summed E-state index contributed by atoms with van der Waals surface area (Å²) in [7, 11) is 2.14. The molecule has 0 atom stereocenters. The Morgan fingerprint density at radius 3 is 2.74 bits per heavy atom. The monoisotopic (exact) mass is 546 g/mol. The van der Waals surface area contributed by atoms with E-state index in [1.165, 1.54) is 12.8 Å². The molecule has 7 nitrogen and oxygen atoms in total. The first-order chi connectivity index (χ1) is 14.6. The molecule has 8 heteroatoms. The van der Waals surface area contributed by atoms with Crippen LogP contribution in [0.3, 0.4) is 0 Å². The first-order valence-electron chi connectivity index (χ1n) is 11.3. The van der Waals surface area contributed by atoms with E-state index in [0.29, 0.717) is 19.3 Å². The van der Waals surface area contributed by atoms with Crippen LogP contribution in [-0.4, -0.2) is 70.0 Å². The summed E-state index contributed by atoms with van der Waals surface area (Å²) in [5, 5.41) is 6.87. The molecule has 2 aliphatic rings. The Morgan fingerprint density at radius 2 is 2.00 bits per heavy atom. The molecule has 0 spiro atoms. The van der Waals surface area contributed by atoms with E-state index >= 15 is 0 Å². The SMILES string of the molecule is CC(C)N(C)CCNC(=NCCCOCC1CC1)Nc1ccc2c(c1)OCCCO2.I. The van der Waals surface area contributed by atoms with Crippen molar-refractivity contribution >= 4 is 35.6 Å². The molecule has 1 aromatic rings. The average molecular weight is 546 g/mol. The van der Waals surface area contributed by atoms with E-state index in [1.807, 2.05) is 18.2 Å². The second-order valence-electron chi connectivity index (χ2n) is 8.44. The van der Waals surface area contributed by atoms with Crippen LogP contribution in [0.2, 0.25) is 0 Å². The second-order valence-corrected chi connectivity index (χ2v) is 8.44. The standard InChI is InChI=1S/C23H38N4O3.HI/c1-18(2)27(3)12-11-25-23(24-10-4-13-28-17-19-6-7-19)26-20-8-9-21-22(16-20)30-15-5-14-29-21;/h8-9,16,18-19H,4-7,10-15,17H2,1-3H3,(H2,24,25,26);1H. The number of nitrogens with zero attached hydrogens (tertiary/aromatic N) is 2. The highest BCUT2D eigenvalue weighted by Crippen LogP contribution is 2.32. The van der Waals surface area contributed by atoms with Gasteiger partial charge in [0.2, 0.25) is 0 Å². The van der Waals surface area contributed by atoms with Crippen LogP contribution in [0.15, 0.2) is 23.2 Å². The zero-order chi connectivity index (χ0) is 21.2. The molecule has 0 radical (unpaired) electrons. The molecule has 1 aliphatic heterocycles. The lowest BCUT2D eigenvalue weighted by Crippen LogP contribution is -2.39. The number of halogens is 1. The first-order valence-corrected chi connectivity index (χ1v) is 11.3. The molecular formula is C23H39IN4O3. The Labute approximate surface area is 204 Å². The van der Waals surface area contributed by atoms with Gasteiger partial charge in [0.1, 0.15) is 0 Å². The normalized spacial score (nSPS) is 16.1. The van der Waals surface area contributed by atoms with Gasteiger partial charge in [0, 0.05) is 57.1 Å². The van der Waals surface area contributed by atoms with Gasteiger partial charge in [0.05, 0.1) is 13.2 Å². The number of aliphatic imine (C=N–C) groups is 1. The van der Waals surface area contributed by atoms with Gasteiger partial charge in [0.25, 0.3) is 0 Å². The fourth-order valence-corrected chi connectivity index (χ4v) is 3.02. The van der Waals surface area contributed by atoms with Crippen LogP contribution in [0.5, 0.6) is 11.5 Å². The molecule has 176 valence electrons. The summed E-state index contributed by atoms with van der Waals surface area (Å²) in [6, 6.07) is 6.46. The van der Waals surface area contributed by atoms with Crippen LogP contribution in [0.1, 0.15) is 39.5 Å². The number of ether oxygens (including phenoxy) is 3. The number of fused-ring (bicyclic) bond motifs is 1. The number of guanidine groups is 1. The molecule has 1 saturated carbocycles. The minimum absolute atomic E-state index is 0. The molecule has 0 aromatic heterocycles. The summed E-state index contributed by atoms with van der Waals surface area (Å²) in [6.07, 6.45) is 4.48. The third-order valence-corrected chi connectivity index (χ3v) is 5.42. The molecule has 1 aliphatic carbocycles. The number of hydrogen-bond donors (Lipinski definition) is 2. The first kappa shape index (κ1) is 26.0. The third-order valence-electron chi connectivity index (χ3n) is 5.42. The number of likely N-dealkylation sites (N-methyl/N-ethyl adjacent to an activating group) is 1. The minimum atomic E-state index is 0. The van der Waals surface area contributed by atoms with Crippen molar-refractivity contribution in [1.82, 2.24) is 10.2 Å². The van der Waals surface area contributed by atoms with E-state index in [1.54, 1.807) is 0 Å². The summed E-state index contributed by atoms with van der Waals surface area (Å²) >= 11 is 0. The van der Waals surface area contributed by atoms with E-state index in [-0.39, 0.29) is 24.0 Å². The van der Waals surface area contributed by atoms with Crippen LogP contribution in [-0.2, 0) is 4.74 Å². The molecule has 31 heavy (non-hydrogen) atoms. The zero-order valence-corrected chi connectivity index (χ0v) is 21.5. The lowest BCUT2D eigenvalue weighted by Gasteiger charge is -2.22. The minimum Gasteiger partial charge on any atom is -0.490 e. The van der Waals surface area contributed by atoms with Crippen LogP contribution in [0.4, 0.5) is 5.69 Å². The topological polar surface area (TPSA) is 67.4 Å². The van der Waals surface area contributed by atoms with Gasteiger partial charge in [0.15, 0.2) is 17.5 Å². The predicted molar refractivity (Wildman–Crippen MR) is 137 cm³/mol.